The zero-order valence-electron chi connectivity index (χ0n) is 20.6. The van der Waals surface area contributed by atoms with Gasteiger partial charge in [0.15, 0.2) is 0 Å². The Hall–Kier alpha value is -1.14. The van der Waals surface area contributed by atoms with Crippen LogP contribution in [0.2, 0.25) is 0 Å². The minimum atomic E-state index is -0.952. The third-order valence-corrected chi connectivity index (χ3v) is 7.47. The number of aliphatic hydroxyl groups excluding tert-OH is 2. The highest BCUT2D eigenvalue weighted by Gasteiger charge is 2.71. The molecule has 6 heteroatoms. The van der Waals surface area contributed by atoms with E-state index in [1.165, 1.54) is 0 Å². The largest absolute Gasteiger partial charge is 0.463 e. The second-order valence-electron chi connectivity index (χ2n) is 11.3. The number of carbonyl (C=O) groups excluding carboxylic acids is 2. The predicted octanol–water partition coefficient (Wildman–Crippen LogP) is 4.11. The van der Waals surface area contributed by atoms with Crippen LogP contribution in [0.25, 0.3) is 0 Å². The molecule has 176 valence electrons. The maximum Gasteiger partial charge on any atom is 0.313 e. The molecule has 0 aliphatic heterocycles. The van der Waals surface area contributed by atoms with E-state index in [9.17, 15) is 14.7 Å². The fourth-order valence-electron chi connectivity index (χ4n) is 4.83. The highest BCUT2D eigenvalue weighted by Crippen LogP contribution is 2.72. The number of ether oxygens (including phenoxy) is 2. The third-order valence-electron chi connectivity index (χ3n) is 7.47. The Morgan fingerprint density at radius 2 is 1.67 bits per heavy atom. The Labute approximate surface area is 182 Å². The molecule has 0 aromatic heterocycles. The summed E-state index contributed by atoms with van der Waals surface area (Å²) in [5, 5.41) is 18.7. The van der Waals surface area contributed by atoms with Gasteiger partial charge in [0.2, 0.25) is 0 Å². The summed E-state index contributed by atoms with van der Waals surface area (Å²) in [6.07, 6.45) is 2.62. The van der Waals surface area contributed by atoms with Crippen LogP contribution in [-0.2, 0) is 19.1 Å². The van der Waals surface area contributed by atoms with Gasteiger partial charge in [-0.2, -0.15) is 0 Å². The van der Waals surface area contributed by atoms with Crippen LogP contribution in [0.5, 0.6) is 0 Å². The first-order chi connectivity index (χ1) is 13.6. The highest BCUT2D eigenvalue weighted by atomic mass is 16.6. The molecule has 3 atom stereocenters. The van der Waals surface area contributed by atoms with E-state index in [1.807, 2.05) is 20.8 Å². The number of aliphatic hydroxyl groups is 2. The molecule has 1 saturated carbocycles. The molecule has 1 aliphatic carbocycles. The average Bonchev–Trinajstić information content (AvgIpc) is 3.23. The van der Waals surface area contributed by atoms with Crippen molar-refractivity contribution in [1.29, 1.82) is 0 Å². The van der Waals surface area contributed by atoms with E-state index in [2.05, 4.69) is 27.7 Å². The number of carbonyl (C=O) groups is 2. The van der Waals surface area contributed by atoms with Crippen LogP contribution in [0, 0.1) is 27.6 Å². The molecule has 2 N–H and O–H groups in total. The molecule has 0 aromatic carbocycles. The summed E-state index contributed by atoms with van der Waals surface area (Å²) in [5.41, 5.74) is -3.24. The summed E-state index contributed by atoms with van der Waals surface area (Å²) in [7, 11) is 0. The van der Waals surface area contributed by atoms with Crippen LogP contribution in [0.4, 0.5) is 0 Å². The number of rotatable bonds is 12. The second kappa shape index (κ2) is 9.15. The maximum absolute atomic E-state index is 13.4. The fourth-order valence-corrected chi connectivity index (χ4v) is 4.83. The molecule has 1 aliphatic rings. The van der Waals surface area contributed by atoms with Crippen molar-refractivity contribution in [3.05, 3.63) is 0 Å². The highest BCUT2D eigenvalue weighted by molar-refractivity contribution is 5.83. The summed E-state index contributed by atoms with van der Waals surface area (Å²) in [5.74, 6) is -0.383. The normalized spacial score (nSPS) is 26.3. The Balaban J connectivity index is 3.31. The van der Waals surface area contributed by atoms with Gasteiger partial charge in [0.25, 0.3) is 0 Å². The van der Waals surface area contributed by atoms with Gasteiger partial charge in [-0.1, -0.05) is 41.5 Å². The fraction of sp³-hybridized carbons (Fsp3) is 0.917. The van der Waals surface area contributed by atoms with Crippen molar-refractivity contribution in [2.75, 3.05) is 19.8 Å². The third kappa shape index (κ3) is 5.18. The van der Waals surface area contributed by atoms with Crippen LogP contribution in [0.3, 0.4) is 0 Å². The molecule has 3 unspecified atom stereocenters. The molecule has 30 heavy (non-hydrogen) atoms. The average molecular weight is 429 g/mol. The molecule has 1 fully saturated rings. The molecule has 1 rings (SSSR count). The first-order valence-electron chi connectivity index (χ1n) is 11.2. The van der Waals surface area contributed by atoms with Crippen molar-refractivity contribution in [2.24, 2.45) is 27.6 Å². The van der Waals surface area contributed by atoms with Crippen molar-refractivity contribution >= 4 is 11.9 Å². The van der Waals surface area contributed by atoms with Gasteiger partial charge in [0.1, 0.15) is 12.2 Å². The van der Waals surface area contributed by atoms with Crippen LogP contribution in [0.1, 0.15) is 88.0 Å². The Morgan fingerprint density at radius 3 is 2.07 bits per heavy atom. The predicted molar refractivity (Wildman–Crippen MR) is 117 cm³/mol. The summed E-state index contributed by atoms with van der Waals surface area (Å²) in [4.78, 5) is 26.5. The standard InChI is InChI=1S/C24H44O6/c1-10-22(8)15-24(22,19(28)30-21(6,7)16-26)14-20(4,5)23(9,13-17(2)3)18(27)29-12-11-25/h17,25-26H,10-16H2,1-9H3. The summed E-state index contributed by atoms with van der Waals surface area (Å²) in [6, 6.07) is 0. The number of esters is 2. The van der Waals surface area contributed by atoms with Crippen molar-refractivity contribution < 1.29 is 29.3 Å². The molecule has 6 nitrogen and oxygen atoms in total. The van der Waals surface area contributed by atoms with E-state index in [-0.39, 0.29) is 43.1 Å². The Bertz CT molecular complexity index is 625. The molecule has 0 amide bonds. The first-order valence-corrected chi connectivity index (χ1v) is 11.2. The molecule has 0 aromatic rings. The van der Waals surface area contributed by atoms with Crippen LogP contribution in [0.15, 0.2) is 0 Å². The van der Waals surface area contributed by atoms with E-state index < -0.39 is 21.8 Å². The minimum Gasteiger partial charge on any atom is -0.463 e. The quantitative estimate of drug-likeness (QED) is 0.454. The van der Waals surface area contributed by atoms with E-state index in [1.54, 1.807) is 13.8 Å². The zero-order chi connectivity index (χ0) is 23.6. The second-order valence-corrected chi connectivity index (χ2v) is 11.3. The lowest BCUT2D eigenvalue weighted by Crippen LogP contribution is -2.48. The maximum atomic E-state index is 13.4. The Kier molecular flexibility index (Phi) is 8.21. The van der Waals surface area contributed by atoms with Gasteiger partial charge in [0.05, 0.1) is 24.0 Å². The van der Waals surface area contributed by atoms with E-state index in [0.29, 0.717) is 19.3 Å². The van der Waals surface area contributed by atoms with E-state index in [0.717, 1.165) is 6.42 Å². The number of hydrogen-bond acceptors (Lipinski definition) is 6. The lowest BCUT2D eigenvalue weighted by molar-refractivity contribution is -0.176. The van der Waals surface area contributed by atoms with Crippen LogP contribution >= 0.6 is 0 Å². The molecule has 0 radical (unpaired) electrons. The molecule has 0 spiro atoms. The van der Waals surface area contributed by atoms with Crippen molar-refractivity contribution in [3.8, 4) is 0 Å². The van der Waals surface area contributed by atoms with Crippen molar-refractivity contribution in [3.63, 3.8) is 0 Å². The van der Waals surface area contributed by atoms with Gasteiger partial charge in [-0.05, 0) is 63.2 Å². The van der Waals surface area contributed by atoms with Gasteiger partial charge in [0, 0.05) is 0 Å². The van der Waals surface area contributed by atoms with Crippen LogP contribution < -0.4 is 0 Å². The number of hydrogen-bond donors (Lipinski definition) is 2. The smallest absolute Gasteiger partial charge is 0.313 e. The molecule has 0 bridgehead atoms. The molecule has 0 saturated heterocycles. The van der Waals surface area contributed by atoms with Gasteiger partial charge >= 0.3 is 11.9 Å². The lowest BCUT2D eigenvalue weighted by atomic mass is 9.58. The Morgan fingerprint density at radius 1 is 1.10 bits per heavy atom. The summed E-state index contributed by atoms with van der Waals surface area (Å²) in [6.45, 7) is 17.2. The summed E-state index contributed by atoms with van der Waals surface area (Å²) < 4.78 is 11.1. The lowest BCUT2D eigenvalue weighted by Gasteiger charge is -2.45. The zero-order valence-corrected chi connectivity index (χ0v) is 20.6. The minimum absolute atomic E-state index is 0.0346. The van der Waals surface area contributed by atoms with Gasteiger partial charge in [-0.15, -0.1) is 0 Å². The van der Waals surface area contributed by atoms with E-state index in [4.69, 9.17) is 14.6 Å². The van der Waals surface area contributed by atoms with Gasteiger partial charge in [-0.25, -0.2) is 0 Å². The van der Waals surface area contributed by atoms with Gasteiger partial charge in [-0.3, -0.25) is 9.59 Å². The first kappa shape index (κ1) is 26.9. The molecular weight excluding hydrogens is 384 g/mol. The van der Waals surface area contributed by atoms with Crippen molar-refractivity contribution in [1.82, 2.24) is 0 Å². The van der Waals surface area contributed by atoms with Gasteiger partial charge < -0.3 is 19.7 Å². The van der Waals surface area contributed by atoms with E-state index >= 15 is 0 Å². The molecule has 0 heterocycles. The summed E-state index contributed by atoms with van der Waals surface area (Å²) >= 11 is 0. The SMILES string of the molecule is CCC1(C)CC1(CC(C)(C)C(C)(CC(C)C)C(=O)OCCO)C(=O)OC(C)(C)CO. The van der Waals surface area contributed by atoms with Crippen molar-refractivity contribution in [2.45, 2.75) is 93.6 Å². The monoisotopic (exact) mass is 428 g/mol. The van der Waals surface area contributed by atoms with Crippen LogP contribution in [-0.4, -0.2) is 47.6 Å². The topological polar surface area (TPSA) is 93.1 Å². The molecular formula is C24H44O6.